The standard InChI is InChI=1S/C19H28N2O6S/c1-14(22)21-10-6-9-17(20-28(2,23)24)18(21)13-25-16-11-26-19(27-12-16)15-7-4-3-5-8-15/h3-5,7-8,16-20H,6,9-13H2,1-2H3/t16?,17-,18-,19?/m0/s1. The molecular weight excluding hydrogens is 384 g/mol. The van der Waals surface area contributed by atoms with Crippen LogP contribution in [-0.4, -0.2) is 70.0 Å². The number of carbonyl (C=O) groups excluding carboxylic acids is 1. The normalized spacial score (nSPS) is 28.9. The molecule has 0 aromatic heterocycles. The molecule has 2 heterocycles. The van der Waals surface area contributed by atoms with E-state index in [1.807, 2.05) is 30.3 Å². The zero-order chi connectivity index (χ0) is 20.1. The SMILES string of the molecule is CC(=O)N1CCC[C@H](NS(C)(=O)=O)[C@@H]1COC1COC(c2ccccc2)OC1. The van der Waals surface area contributed by atoms with E-state index in [1.165, 1.54) is 6.92 Å². The van der Waals surface area contributed by atoms with Gasteiger partial charge in [-0.05, 0) is 12.8 Å². The van der Waals surface area contributed by atoms with Gasteiger partial charge in [0.05, 0.1) is 32.1 Å². The molecule has 2 aliphatic heterocycles. The molecule has 2 atom stereocenters. The fourth-order valence-electron chi connectivity index (χ4n) is 3.69. The highest BCUT2D eigenvalue weighted by Crippen LogP contribution is 2.25. The Kier molecular flexibility index (Phi) is 7.05. The third-order valence-corrected chi connectivity index (χ3v) is 5.72. The molecule has 1 aromatic carbocycles. The molecule has 1 amide bonds. The van der Waals surface area contributed by atoms with Crippen molar-refractivity contribution in [1.29, 1.82) is 0 Å². The van der Waals surface area contributed by atoms with Gasteiger partial charge in [-0.2, -0.15) is 0 Å². The maximum absolute atomic E-state index is 12.0. The quantitative estimate of drug-likeness (QED) is 0.751. The van der Waals surface area contributed by atoms with Crippen LogP contribution < -0.4 is 4.72 Å². The summed E-state index contributed by atoms with van der Waals surface area (Å²) in [6.45, 7) is 3.05. The molecule has 156 valence electrons. The number of hydrogen-bond acceptors (Lipinski definition) is 6. The number of likely N-dealkylation sites (tertiary alicyclic amines) is 1. The van der Waals surface area contributed by atoms with Crippen molar-refractivity contribution in [2.75, 3.05) is 32.6 Å². The predicted octanol–water partition coefficient (Wildman–Crippen LogP) is 1.05. The van der Waals surface area contributed by atoms with Crippen molar-refractivity contribution in [3.8, 4) is 0 Å². The van der Waals surface area contributed by atoms with Crippen molar-refractivity contribution in [3.63, 3.8) is 0 Å². The average Bonchev–Trinajstić information content (AvgIpc) is 2.66. The molecule has 0 bridgehead atoms. The Morgan fingerprint density at radius 3 is 2.54 bits per heavy atom. The van der Waals surface area contributed by atoms with Crippen LogP contribution in [0.1, 0.15) is 31.6 Å². The molecular formula is C19H28N2O6S. The molecule has 0 unspecified atom stereocenters. The third kappa shape index (κ3) is 5.74. The lowest BCUT2D eigenvalue weighted by atomic mass is 9.97. The summed E-state index contributed by atoms with van der Waals surface area (Å²) in [5.41, 5.74) is 0.952. The monoisotopic (exact) mass is 412 g/mol. The average molecular weight is 413 g/mol. The number of amides is 1. The van der Waals surface area contributed by atoms with Crippen molar-refractivity contribution >= 4 is 15.9 Å². The summed E-state index contributed by atoms with van der Waals surface area (Å²) in [4.78, 5) is 13.7. The topological polar surface area (TPSA) is 94.2 Å². The number of piperidine rings is 1. The van der Waals surface area contributed by atoms with E-state index in [0.29, 0.717) is 26.2 Å². The lowest BCUT2D eigenvalue weighted by molar-refractivity contribution is -0.233. The van der Waals surface area contributed by atoms with Crippen LogP contribution in [0.5, 0.6) is 0 Å². The maximum Gasteiger partial charge on any atom is 0.219 e. The first-order valence-corrected chi connectivity index (χ1v) is 11.4. The van der Waals surface area contributed by atoms with Crippen LogP contribution >= 0.6 is 0 Å². The Bertz CT molecular complexity index is 749. The number of sulfonamides is 1. The fourth-order valence-corrected chi connectivity index (χ4v) is 4.51. The molecule has 0 radical (unpaired) electrons. The zero-order valence-corrected chi connectivity index (χ0v) is 17.1. The fraction of sp³-hybridized carbons (Fsp3) is 0.632. The number of nitrogens with one attached hydrogen (secondary N) is 1. The second-order valence-corrected chi connectivity index (χ2v) is 9.06. The first-order chi connectivity index (χ1) is 13.3. The summed E-state index contributed by atoms with van der Waals surface area (Å²) >= 11 is 0. The number of ether oxygens (including phenoxy) is 3. The van der Waals surface area contributed by atoms with Gasteiger partial charge in [0, 0.05) is 25.1 Å². The van der Waals surface area contributed by atoms with E-state index in [4.69, 9.17) is 14.2 Å². The third-order valence-electron chi connectivity index (χ3n) is 4.99. The van der Waals surface area contributed by atoms with Crippen LogP contribution in [0.4, 0.5) is 0 Å². The van der Waals surface area contributed by atoms with Gasteiger partial charge in [0.2, 0.25) is 15.9 Å². The van der Waals surface area contributed by atoms with Crippen molar-refractivity contribution in [3.05, 3.63) is 35.9 Å². The Morgan fingerprint density at radius 1 is 1.25 bits per heavy atom. The Hall–Kier alpha value is -1.52. The van der Waals surface area contributed by atoms with Crippen LogP contribution in [0.15, 0.2) is 30.3 Å². The summed E-state index contributed by atoms with van der Waals surface area (Å²) in [6.07, 6.45) is 1.86. The molecule has 1 N–H and O–H groups in total. The van der Waals surface area contributed by atoms with Crippen LogP contribution in [0.2, 0.25) is 0 Å². The summed E-state index contributed by atoms with van der Waals surface area (Å²) in [5, 5.41) is 0. The number of hydrogen-bond donors (Lipinski definition) is 1. The maximum atomic E-state index is 12.0. The lowest BCUT2D eigenvalue weighted by Gasteiger charge is -2.41. The van der Waals surface area contributed by atoms with E-state index in [9.17, 15) is 13.2 Å². The lowest BCUT2D eigenvalue weighted by Crippen LogP contribution is -2.58. The van der Waals surface area contributed by atoms with E-state index >= 15 is 0 Å². The minimum absolute atomic E-state index is 0.0890. The van der Waals surface area contributed by atoms with E-state index in [0.717, 1.165) is 18.2 Å². The Balaban J connectivity index is 1.57. The van der Waals surface area contributed by atoms with Crippen LogP contribution in [0, 0.1) is 0 Å². The van der Waals surface area contributed by atoms with Crippen LogP contribution in [0.25, 0.3) is 0 Å². The highest BCUT2D eigenvalue weighted by atomic mass is 32.2. The van der Waals surface area contributed by atoms with E-state index in [2.05, 4.69) is 4.72 Å². The first kappa shape index (κ1) is 21.2. The highest BCUT2D eigenvalue weighted by molar-refractivity contribution is 7.88. The molecule has 0 aliphatic carbocycles. The van der Waals surface area contributed by atoms with Gasteiger partial charge >= 0.3 is 0 Å². The summed E-state index contributed by atoms with van der Waals surface area (Å²) in [6, 6.07) is 8.96. The van der Waals surface area contributed by atoms with Crippen molar-refractivity contribution in [1.82, 2.24) is 9.62 Å². The molecule has 2 saturated heterocycles. The largest absolute Gasteiger partial charge is 0.371 e. The molecule has 3 rings (SSSR count). The van der Waals surface area contributed by atoms with Gasteiger partial charge in [-0.3, -0.25) is 4.79 Å². The minimum Gasteiger partial charge on any atom is -0.371 e. The van der Waals surface area contributed by atoms with Crippen molar-refractivity contribution < 1.29 is 27.4 Å². The van der Waals surface area contributed by atoms with Gasteiger partial charge in [0.25, 0.3) is 0 Å². The zero-order valence-electron chi connectivity index (χ0n) is 16.2. The smallest absolute Gasteiger partial charge is 0.219 e. The Morgan fingerprint density at radius 2 is 1.93 bits per heavy atom. The summed E-state index contributed by atoms with van der Waals surface area (Å²) < 4.78 is 43.5. The van der Waals surface area contributed by atoms with Crippen LogP contribution in [-0.2, 0) is 29.0 Å². The van der Waals surface area contributed by atoms with Gasteiger partial charge in [0.1, 0.15) is 6.10 Å². The molecule has 1 aromatic rings. The molecule has 8 nitrogen and oxygen atoms in total. The second kappa shape index (κ2) is 9.32. The van der Waals surface area contributed by atoms with Crippen LogP contribution in [0.3, 0.4) is 0 Å². The second-order valence-electron chi connectivity index (χ2n) is 7.28. The molecule has 28 heavy (non-hydrogen) atoms. The minimum atomic E-state index is -3.38. The Labute approximate surface area is 166 Å². The molecule has 2 fully saturated rings. The van der Waals surface area contributed by atoms with E-state index < -0.39 is 16.3 Å². The van der Waals surface area contributed by atoms with Gasteiger partial charge in [-0.1, -0.05) is 30.3 Å². The number of nitrogens with zero attached hydrogens (tertiary/aromatic N) is 1. The first-order valence-electron chi connectivity index (χ1n) is 9.48. The van der Waals surface area contributed by atoms with Gasteiger partial charge in [-0.15, -0.1) is 0 Å². The number of rotatable bonds is 6. The van der Waals surface area contributed by atoms with Gasteiger partial charge in [-0.25, -0.2) is 13.1 Å². The van der Waals surface area contributed by atoms with Gasteiger partial charge < -0.3 is 19.1 Å². The van der Waals surface area contributed by atoms with E-state index in [-0.39, 0.29) is 30.7 Å². The van der Waals surface area contributed by atoms with Crippen molar-refractivity contribution in [2.45, 2.75) is 44.2 Å². The predicted molar refractivity (Wildman–Crippen MR) is 103 cm³/mol. The molecule has 0 saturated carbocycles. The summed E-state index contributed by atoms with van der Waals surface area (Å²) in [5.74, 6) is -0.0890. The van der Waals surface area contributed by atoms with Gasteiger partial charge in [0.15, 0.2) is 6.29 Å². The highest BCUT2D eigenvalue weighted by Gasteiger charge is 2.36. The summed E-state index contributed by atoms with van der Waals surface area (Å²) in [7, 11) is -3.38. The molecule has 2 aliphatic rings. The molecule has 9 heteroatoms. The van der Waals surface area contributed by atoms with E-state index in [1.54, 1.807) is 4.90 Å². The molecule has 0 spiro atoms. The van der Waals surface area contributed by atoms with Crippen molar-refractivity contribution in [2.24, 2.45) is 0 Å². The number of benzene rings is 1. The number of carbonyl (C=O) groups is 1.